The van der Waals surface area contributed by atoms with E-state index in [1.165, 1.54) is 39.7 Å². The predicted molar refractivity (Wildman–Crippen MR) is 97.0 cm³/mol. The first-order chi connectivity index (χ1) is 11.2. The summed E-state index contributed by atoms with van der Waals surface area (Å²) in [4.78, 5) is 10.3. The summed E-state index contributed by atoms with van der Waals surface area (Å²) >= 11 is 1.74. The average Bonchev–Trinajstić information content (AvgIpc) is 3.32. The third-order valence-electron chi connectivity index (χ3n) is 4.10. The van der Waals surface area contributed by atoms with E-state index >= 15 is 0 Å². The molecule has 5 heteroatoms. The molecule has 1 unspecified atom stereocenters. The zero-order chi connectivity index (χ0) is 15.8. The van der Waals surface area contributed by atoms with E-state index in [1.807, 2.05) is 19.3 Å². The molecule has 1 aromatic carbocycles. The fourth-order valence-electron chi connectivity index (χ4n) is 2.72. The lowest BCUT2D eigenvalue weighted by Gasteiger charge is -2.04. The number of rotatable bonds is 5. The first-order valence-corrected chi connectivity index (χ1v) is 8.86. The van der Waals surface area contributed by atoms with Crippen molar-refractivity contribution in [3.8, 4) is 10.4 Å². The molecule has 1 saturated carbocycles. The van der Waals surface area contributed by atoms with E-state index in [-0.39, 0.29) is 6.04 Å². The molecule has 0 bridgehead atoms. The van der Waals surface area contributed by atoms with Gasteiger partial charge in [0.1, 0.15) is 0 Å². The van der Waals surface area contributed by atoms with Gasteiger partial charge in [-0.1, -0.05) is 23.5 Å². The Hall–Kier alpha value is -1.98. The van der Waals surface area contributed by atoms with Crippen LogP contribution in [0.25, 0.3) is 21.2 Å². The topological polar surface area (TPSA) is 63.8 Å². The molecule has 0 aliphatic heterocycles. The molecule has 0 saturated heterocycles. The number of benzene rings is 1. The number of anilines is 1. The number of nitrogens with two attached hydrogens (primary N) is 1. The normalized spacial score (nSPS) is 15.7. The lowest BCUT2D eigenvalue weighted by Crippen LogP contribution is -2.25. The molecule has 2 aromatic heterocycles. The van der Waals surface area contributed by atoms with Crippen LogP contribution in [-0.2, 0) is 0 Å². The number of hydrogen-bond donors (Lipinski definition) is 2. The molecule has 3 N–H and O–H groups in total. The molecule has 1 aliphatic rings. The van der Waals surface area contributed by atoms with Crippen LogP contribution in [0.5, 0.6) is 0 Å². The summed E-state index contributed by atoms with van der Waals surface area (Å²) in [6.45, 7) is 2.75. The number of nitrogens with one attached hydrogen (secondary N) is 1. The molecule has 3 aromatic rings. The van der Waals surface area contributed by atoms with Crippen LogP contribution in [0.2, 0.25) is 0 Å². The van der Waals surface area contributed by atoms with Gasteiger partial charge in [0, 0.05) is 36.3 Å². The molecular formula is C18H20N4S. The lowest BCUT2D eigenvalue weighted by atomic mass is 10.1. The maximum Gasteiger partial charge on any atom is 0.183 e. The van der Waals surface area contributed by atoms with Gasteiger partial charge in [-0.2, -0.15) is 0 Å². The number of fused-ring (bicyclic) bond motifs is 1. The van der Waals surface area contributed by atoms with Gasteiger partial charge < -0.3 is 11.1 Å². The highest BCUT2D eigenvalue weighted by molar-refractivity contribution is 7.19. The summed E-state index contributed by atoms with van der Waals surface area (Å²) < 4.78 is 0. The minimum Gasteiger partial charge on any atom is -0.360 e. The number of hydrogen-bond acceptors (Lipinski definition) is 5. The summed E-state index contributed by atoms with van der Waals surface area (Å²) in [5.74, 6) is 0.625. The maximum atomic E-state index is 5.84. The van der Waals surface area contributed by atoms with Crippen LogP contribution in [0, 0.1) is 0 Å². The molecule has 4 nitrogen and oxygen atoms in total. The second-order valence-corrected chi connectivity index (χ2v) is 7.30. The monoisotopic (exact) mass is 324 g/mol. The number of pyridine rings is 1. The quantitative estimate of drug-likeness (QED) is 0.745. The van der Waals surface area contributed by atoms with Crippen molar-refractivity contribution < 1.29 is 0 Å². The van der Waals surface area contributed by atoms with Gasteiger partial charge in [-0.3, -0.25) is 4.98 Å². The van der Waals surface area contributed by atoms with Crippen molar-refractivity contribution in [2.24, 2.45) is 5.73 Å². The Kier molecular flexibility index (Phi) is 3.75. The lowest BCUT2D eigenvalue weighted by molar-refractivity contribution is 0.779. The van der Waals surface area contributed by atoms with Gasteiger partial charge in [-0.05, 0) is 42.8 Å². The van der Waals surface area contributed by atoms with Crippen molar-refractivity contribution >= 4 is 27.2 Å². The van der Waals surface area contributed by atoms with Gasteiger partial charge in [0.05, 0.1) is 10.6 Å². The van der Waals surface area contributed by atoms with E-state index in [0.717, 1.165) is 11.7 Å². The average molecular weight is 324 g/mol. The first kappa shape index (κ1) is 14.6. The van der Waals surface area contributed by atoms with Crippen LogP contribution >= 0.6 is 11.3 Å². The van der Waals surface area contributed by atoms with Crippen molar-refractivity contribution in [2.75, 3.05) is 11.9 Å². The van der Waals surface area contributed by atoms with Gasteiger partial charge in [0.25, 0.3) is 0 Å². The van der Waals surface area contributed by atoms with Crippen LogP contribution in [-0.4, -0.2) is 22.6 Å². The Labute approximate surface area is 139 Å². The van der Waals surface area contributed by atoms with Crippen LogP contribution in [0.15, 0.2) is 36.7 Å². The molecule has 4 rings (SSSR count). The SMILES string of the molecule is CC(N)CNc1nc(C2CC2)c(-c2ccc3cnccc3c2)s1. The van der Waals surface area contributed by atoms with Crippen molar-refractivity contribution in [1.29, 1.82) is 0 Å². The Balaban J connectivity index is 1.73. The number of thiazole rings is 1. The summed E-state index contributed by atoms with van der Waals surface area (Å²) in [6.07, 6.45) is 6.25. The molecule has 1 aliphatic carbocycles. The van der Waals surface area contributed by atoms with Crippen LogP contribution in [0.3, 0.4) is 0 Å². The highest BCUT2D eigenvalue weighted by Crippen LogP contribution is 2.47. The van der Waals surface area contributed by atoms with Crippen molar-refractivity contribution in [2.45, 2.75) is 31.7 Å². The van der Waals surface area contributed by atoms with Gasteiger partial charge in [-0.25, -0.2) is 4.98 Å². The fraction of sp³-hybridized carbons (Fsp3) is 0.333. The van der Waals surface area contributed by atoms with E-state index in [9.17, 15) is 0 Å². The number of aromatic nitrogens is 2. The largest absolute Gasteiger partial charge is 0.360 e. The molecule has 0 amide bonds. The van der Waals surface area contributed by atoms with E-state index in [4.69, 9.17) is 10.7 Å². The summed E-state index contributed by atoms with van der Waals surface area (Å²) in [6, 6.07) is 8.75. The van der Waals surface area contributed by atoms with Crippen molar-refractivity contribution in [1.82, 2.24) is 9.97 Å². The second kappa shape index (κ2) is 5.91. The third kappa shape index (κ3) is 3.07. The summed E-state index contributed by atoms with van der Waals surface area (Å²) in [5, 5.41) is 6.74. The van der Waals surface area contributed by atoms with E-state index in [0.29, 0.717) is 5.92 Å². The highest BCUT2D eigenvalue weighted by Gasteiger charge is 2.30. The summed E-state index contributed by atoms with van der Waals surface area (Å²) in [7, 11) is 0. The molecule has 0 spiro atoms. The van der Waals surface area contributed by atoms with Crippen molar-refractivity contribution in [3.05, 3.63) is 42.4 Å². The van der Waals surface area contributed by atoms with Gasteiger partial charge in [0.15, 0.2) is 5.13 Å². The van der Waals surface area contributed by atoms with Crippen LogP contribution in [0.4, 0.5) is 5.13 Å². The number of nitrogens with zero attached hydrogens (tertiary/aromatic N) is 2. The highest BCUT2D eigenvalue weighted by atomic mass is 32.1. The maximum absolute atomic E-state index is 5.84. The van der Waals surface area contributed by atoms with E-state index < -0.39 is 0 Å². The fourth-order valence-corrected chi connectivity index (χ4v) is 3.78. The molecule has 118 valence electrons. The zero-order valence-corrected chi connectivity index (χ0v) is 13.9. The first-order valence-electron chi connectivity index (χ1n) is 8.05. The minimum atomic E-state index is 0.125. The Morgan fingerprint density at radius 1 is 1.30 bits per heavy atom. The molecule has 23 heavy (non-hydrogen) atoms. The van der Waals surface area contributed by atoms with Crippen molar-refractivity contribution in [3.63, 3.8) is 0 Å². The van der Waals surface area contributed by atoms with Gasteiger partial charge in [-0.15, -0.1) is 0 Å². The predicted octanol–water partition coefficient (Wildman–Crippen LogP) is 3.99. The van der Waals surface area contributed by atoms with E-state index in [1.54, 1.807) is 11.3 Å². The summed E-state index contributed by atoms with van der Waals surface area (Å²) in [5.41, 5.74) is 8.33. The minimum absolute atomic E-state index is 0.125. The Bertz CT molecular complexity index is 836. The van der Waals surface area contributed by atoms with E-state index in [2.05, 4.69) is 34.6 Å². The van der Waals surface area contributed by atoms with Crippen LogP contribution < -0.4 is 11.1 Å². The Morgan fingerprint density at radius 2 is 2.17 bits per heavy atom. The third-order valence-corrected chi connectivity index (χ3v) is 5.17. The molecule has 1 atom stereocenters. The molecule has 1 fully saturated rings. The van der Waals surface area contributed by atoms with Gasteiger partial charge >= 0.3 is 0 Å². The second-order valence-electron chi connectivity index (χ2n) is 6.30. The smallest absolute Gasteiger partial charge is 0.183 e. The molecular weight excluding hydrogens is 304 g/mol. The Morgan fingerprint density at radius 3 is 2.96 bits per heavy atom. The standard InChI is InChI=1S/C18H20N4S/c1-11(19)9-21-18-22-16(12-2-3-12)17(23-18)14-4-5-15-10-20-7-6-13(15)8-14/h4-8,10-12H,2-3,9,19H2,1H3,(H,21,22). The zero-order valence-electron chi connectivity index (χ0n) is 13.1. The molecule has 0 radical (unpaired) electrons. The van der Waals surface area contributed by atoms with Crippen LogP contribution in [0.1, 0.15) is 31.4 Å². The van der Waals surface area contributed by atoms with Gasteiger partial charge in [0.2, 0.25) is 0 Å². The molecule has 2 heterocycles.